The van der Waals surface area contributed by atoms with E-state index in [0.29, 0.717) is 5.92 Å². The maximum Gasteiger partial charge on any atom is 0.118 e. The predicted octanol–water partition coefficient (Wildman–Crippen LogP) is 2.67. The molecule has 0 radical (unpaired) electrons. The average molecular weight is 294 g/mol. The number of nitrogens with zero attached hydrogens (tertiary/aromatic N) is 1. The largest absolute Gasteiger partial charge is 0.465 e. The molecule has 1 aromatic rings. The Kier molecular flexibility index (Phi) is 5.85. The molecule has 0 aromatic carbocycles. The van der Waals surface area contributed by atoms with Crippen molar-refractivity contribution in [1.82, 2.24) is 10.2 Å². The van der Waals surface area contributed by atoms with Crippen LogP contribution in [0.3, 0.4) is 0 Å². The van der Waals surface area contributed by atoms with Crippen LogP contribution in [-0.4, -0.2) is 44.8 Å². The number of furan rings is 1. The molecule has 1 aliphatic heterocycles. The molecule has 1 aliphatic rings. The first-order valence-corrected chi connectivity index (χ1v) is 8.01. The third kappa shape index (κ3) is 5.13. The van der Waals surface area contributed by atoms with Gasteiger partial charge in [-0.05, 0) is 45.0 Å². The van der Waals surface area contributed by atoms with Gasteiger partial charge in [0.05, 0.1) is 13.2 Å². The van der Waals surface area contributed by atoms with Gasteiger partial charge in [-0.15, -0.1) is 0 Å². The Bertz CT molecular complexity index is 422. The van der Waals surface area contributed by atoms with Gasteiger partial charge in [0.1, 0.15) is 11.5 Å². The Morgan fingerprint density at radius 2 is 2.19 bits per heavy atom. The van der Waals surface area contributed by atoms with Gasteiger partial charge in [0.15, 0.2) is 0 Å². The van der Waals surface area contributed by atoms with E-state index in [1.165, 1.54) is 0 Å². The summed E-state index contributed by atoms with van der Waals surface area (Å²) in [6.45, 7) is 12.2. The number of nitrogens with one attached hydrogen (secondary N) is 1. The number of aryl methyl sites for hydroxylation is 1. The molecule has 2 heterocycles. The van der Waals surface area contributed by atoms with Gasteiger partial charge >= 0.3 is 0 Å². The van der Waals surface area contributed by atoms with Crippen LogP contribution in [-0.2, 0) is 11.3 Å². The fraction of sp³-hybridized carbons (Fsp3) is 0.765. The van der Waals surface area contributed by atoms with Gasteiger partial charge in [0, 0.05) is 25.1 Å². The molecule has 1 saturated heterocycles. The van der Waals surface area contributed by atoms with Crippen LogP contribution >= 0.6 is 0 Å². The summed E-state index contributed by atoms with van der Waals surface area (Å²) in [6.07, 6.45) is 1.14. The van der Waals surface area contributed by atoms with Gasteiger partial charge in [-0.1, -0.05) is 13.8 Å². The fourth-order valence-corrected chi connectivity index (χ4v) is 3.06. The summed E-state index contributed by atoms with van der Waals surface area (Å²) in [6, 6.07) is 4.10. The van der Waals surface area contributed by atoms with Crippen LogP contribution in [0.4, 0.5) is 0 Å². The lowest BCUT2D eigenvalue weighted by molar-refractivity contribution is 0.113. The molecule has 21 heavy (non-hydrogen) atoms. The summed E-state index contributed by atoms with van der Waals surface area (Å²) < 4.78 is 11.4. The second-order valence-electron chi connectivity index (χ2n) is 7.01. The van der Waals surface area contributed by atoms with Crippen molar-refractivity contribution >= 4 is 0 Å². The first-order chi connectivity index (χ1) is 9.99. The normalized spacial score (nSPS) is 22.6. The average Bonchev–Trinajstić information content (AvgIpc) is 2.99. The second kappa shape index (κ2) is 7.43. The molecule has 2 rings (SSSR count). The zero-order valence-electron chi connectivity index (χ0n) is 13.9. The summed E-state index contributed by atoms with van der Waals surface area (Å²) in [7, 11) is 2.17. The highest BCUT2D eigenvalue weighted by Gasteiger charge is 2.35. The number of ether oxygens (including phenoxy) is 1. The highest BCUT2D eigenvalue weighted by Crippen LogP contribution is 2.29. The summed E-state index contributed by atoms with van der Waals surface area (Å²) >= 11 is 0. The third-order valence-corrected chi connectivity index (χ3v) is 4.06. The van der Waals surface area contributed by atoms with Crippen LogP contribution in [0.2, 0.25) is 0 Å². The molecule has 1 atom stereocenters. The molecule has 1 unspecified atom stereocenters. The lowest BCUT2D eigenvalue weighted by atomic mass is 9.86. The monoisotopic (exact) mass is 294 g/mol. The summed E-state index contributed by atoms with van der Waals surface area (Å²) in [5, 5.41) is 3.61. The molecule has 0 bridgehead atoms. The van der Waals surface area contributed by atoms with Crippen LogP contribution < -0.4 is 5.32 Å². The number of hydrogen-bond acceptors (Lipinski definition) is 4. The molecule has 0 amide bonds. The van der Waals surface area contributed by atoms with E-state index in [9.17, 15) is 0 Å². The molecular formula is C17H30N2O2. The summed E-state index contributed by atoms with van der Waals surface area (Å²) in [5.41, 5.74) is 0.241. The summed E-state index contributed by atoms with van der Waals surface area (Å²) in [5.74, 6) is 2.71. The van der Waals surface area contributed by atoms with E-state index in [1.54, 1.807) is 0 Å². The zero-order chi connectivity index (χ0) is 15.3. The van der Waals surface area contributed by atoms with Crippen LogP contribution in [0.15, 0.2) is 16.5 Å². The van der Waals surface area contributed by atoms with Crippen LogP contribution in [0.1, 0.15) is 31.8 Å². The van der Waals surface area contributed by atoms with Crippen molar-refractivity contribution in [2.45, 2.75) is 33.7 Å². The van der Waals surface area contributed by atoms with Crippen molar-refractivity contribution in [3.05, 3.63) is 23.7 Å². The molecule has 120 valence electrons. The van der Waals surface area contributed by atoms with E-state index in [0.717, 1.165) is 57.3 Å². The first kappa shape index (κ1) is 16.5. The van der Waals surface area contributed by atoms with E-state index in [2.05, 4.69) is 37.2 Å². The minimum Gasteiger partial charge on any atom is -0.465 e. The second-order valence-corrected chi connectivity index (χ2v) is 7.01. The van der Waals surface area contributed by atoms with E-state index in [1.807, 2.05) is 13.0 Å². The number of hydrogen-bond donors (Lipinski definition) is 1. The van der Waals surface area contributed by atoms with Gasteiger partial charge in [-0.2, -0.15) is 0 Å². The highest BCUT2D eigenvalue weighted by molar-refractivity contribution is 5.05. The molecule has 0 saturated carbocycles. The Balaban J connectivity index is 1.86. The molecule has 0 spiro atoms. The van der Waals surface area contributed by atoms with E-state index < -0.39 is 0 Å². The Hall–Kier alpha value is -0.840. The Labute approximate surface area is 128 Å². The van der Waals surface area contributed by atoms with Gasteiger partial charge in [-0.3, -0.25) is 4.90 Å². The van der Waals surface area contributed by atoms with Crippen molar-refractivity contribution in [3.8, 4) is 0 Å². The smallest absolute Gasteiger partial charge is 0.118 e. The topological polar surface area (TPSA) is 37.6 Å². The standard InChI is InChI=1S/C17H30N2O2/c1-14(2)9-18-11-17(7-8-20-13-17)12-19(4)10-16-6-5-15(3)21-16/h5-6,14,18H,7-13H2,1-4H3. The van der Waals surface area contributed by atoms with Crippen LogP contribution in [0.25, 0.3) is 0 Å². The minimum absolute atomic E-state index is 0.241. The number of rotatable bonds is 8. The van der Waals surface area contributed by atoms with Crippen LogP contribution in [0, 0.1) is 18.3 Å². The third-order valence-electron chi connectivity index (χ3n) is 4.06. The van der Waals surface area contributed by atoms with Gasteiger partial charge in [0.25, 0.3) is 0 Å². The van der Waals surface area contributed by atoms with Crippen molar-refractivity contribution < 1.29 is 9.15 Å². The SMILES string of the molecule is Cc1ccc(CN(C)CC2(CNCC(C)C)CCOC2)o1. The van der Waals surface area contributed by atoms with Gasteiger partial charge in [0.2, 0.25) is 0 Å². The molecule has 1 fully saturated rings. The molecular weight excluding hydrogens is 264 g/mol. The Morgan fingerprint density at radius 3 is 2.76 bits per heavy atom. The van der Waals surface area contributed by atoms with Gasteiger partial charge < -0.3 is 14.5 Å². The minimum atomic E-state index is 0.241. The van der Waals surface area contributed by atoms with Crippen molar-refractivity contribution in [2.24, 2.45) is 11.3 Å². The fourth-order valence-electron chi connectivity index (χ4n) is 3.06. The van der Waals surface area contributed by atoms with Crippen molar-refractivity contribution in [2.75, 3.05) is 39.9 Å². The maximum atomic E-state index is 5.68. The summed E-state index contributed by atoms with van der Waals surface area (Å²) in [4.78, 5) is 2.35. The Morgan fingerprint density at radius 1 is 1.38 bits per heavy atom. The predicted molar refractivity (Wildman–Crippen MR) is 85.4 cm³/mol. The molecule has 4 nitrogen and oxygen atoms in total. The molecule has 0 aliphatic carbocycles. The lowest BCUT2D eigenvalue weighted by Crippen LogP contribution is -2.44. The molecule has 1 aromatic heterocycles. The first-order valence-electron chi connectivity index (χ1n) is 8.01. The van der Waals surface area contributed by atoms with E-state index in [4.69, 9.17) is 9.15 Å². The van der Waals surface area contributed by atoms with E-state index >= 15 is 0 Å². The molecule has 4 heteroatoms. The highest BCUT2D eigenvalue weighted by atomic mass is 16.5. The zero-order valence-corrected chi connectivity index (χ0v) is 13.9. The van der Waals surface area contributed by atoms with Gasteiger partial charge in [-0.25, -0.2) is 0 Å². The van der Waals surface area contributed by atoms with E-state index in [-0.39, 0.29) is 5.41 Å². The lowest BCUT2D eigenvalue weighted by Gasteiger charge is -2.32. The van der Waals surface area contributed by atoms with Crippen molar-refractivity contribution in [3.63, 3.8) is 0 Å². The van der Waals surface area contributed by atoms with Crippen LogP contribution in [0.5, 0.6) is 0 Å². The maximum absolute atomic E-state index is 5.68. The quantitative estimate of drug-likeness (QED) is 0.800. The van der Waals surface area contributed by atoms with Crippen molar-refractivity contribution in [1.29, 1.82) is 0 Å². The molecule has 1 N–H and O–H groups in total.